The number of pyridine rings is 1. The molecule has 0 bridgehead atoms. The number of nitrogens with two attached hydrogens (primary N) is 1. The van der Waals surface area contributed by atoms with Crippen LogP contribution >= 0.6 is 23.6 Å². The molecule has 0 spiro atoms. The van der Waals surface area contributed by atoms with Gasteiger partial charge in [-0.3, -0.25) is 4.98 Å². The molecule has 9 heteroatoms. The third-order valence-electron chi connectivity index (χ3n) is 2.59. The molecule has 6 nitrogen and oxygen atoms in total. The van der Waals surface area contributed by atoms with Gasteiger partial charge in [-0.2, -0.15) is 0 Å². The molecular weight excluding hydrogens is 328 g/mol. The molecule has 0 amide bonds. The summed E-state index contributed by atoms with van der Waals surface area (Å²) in [5.74, 6) is 0. The second-order valence-electron chi connectivity index (χ2n) is 4.24. The van der Waals surface area contributed by atoms with Crippen LogP contribution in [0.15, 0.2) is 28.6 Å². The summed E-state index contributed by atoms with van der Waals surface area (Å²) in [6.07, 6.45) is 1.98. The highest BCUT2D eigenvalue weighted by Crippen LogP contribution is 2.13. The molecule has 0 aliphatic carbocycles. The predicted molar refractivity (Wildman–Crippen MR) is 85.9 cm³/mol. The summed E-state index contributed by atoms with van der Waals surface area (Å²) in [5.41, 5.74) is 6.54. The lowest BCUT2D eigenvalue weighted by atomic mass is 10.3. The standard InChI is InChI=1S/C12H14N4O2S3/c1-8-7-20-10(16-8)4-6-15-21(17,18)9-3-2-5-14-11(9)12(13)19/h2-3,5,7,15H,4,6H2,1H3,(H2,13,19). The molecule has 2 aromatic heterocycles. The molecule has 0 radical (unpaired) electrons. The molecule has 2 rings (SSSR count). The molecule has 2 aromatic rings. The number of aromatic nitrogens is 2. The Bertz CT molecular complexity index is 755. The maximum atomic E-state index is 12.3. The van der Waals surface area contributed by atoms with Gasteiger partial charge in [0.05, 0.1) is 5.01 Å². The van der Waals surface area contributed by atoms with E-state index in [-0.39, 0.29) is 22.1 Å². The number of hydrogen-bond donors (Lipinski definition) is 2. The van der Waals surface area contributed by atoms with Crippen molar-refractivity contribution in [1.82, 2.24) is 14.7 Å². The molecular formula is C12H14N4O2S3. The van der Waals surface area contributed by atoms with E-state index < -0.39 is 10.0 Å². The second-order valence-corrected chi connectivity index (χ2v) is 7.36. The monoisotopic (exact) mass is 342 g/mol. The number of aryl methyl sites for hydroxylation is 1. The molecule has 0 atom stereocenters. The predicted octanol–water partition coefficient (Wildman–Crippen LogP) is 1.00. The van der Waals surface area contributed by atoms with Crippen LogP contribution in [-0.2, 0) is 16.4 Å². The van der Waals surface area contributed by atoms with Crippen molar-refractivity contribution in [2.45, 2.75) is 18.2 Å². The summed E-state index contributed by atoms with van der Waals surface area (Å²) < 4.78 is 27.1. The van der Waals surface area contributed by atoms with Crippen LogP contribution in [0.1, 0.15) is 16.4 Å². The summed E-state index contributed by atoms with van der Waals surface area (Å²) in [4.78, 5) is 8.14. The van der Waals surface area contributed by atoms with Crippen LogP contribution in [0.3, 0.4) is 0 Å². The Morgan fingerprint density at radius 3 is 2.90 bits per heavy atom. The van der Waals surface area contributed by atoms with Crippen LogP contribution < -0.4 is 10.5 Å². The fourth-order valence-electron chi connectivity index (χ4n) is 1.68. The van der Waals surface area contributed by atoms with E-state index in [0.29, 0.717) is 6.42 Å². The summed E-state index contributed by atoms with van der Waals surface area (Å²) in [6.45, 7) is 2.15. The van der Waals surface area contributed by atoms with Crippen molar-refractivity contribution < 1.29 is 8.42 Å². The third-order valence-corrected chi connectivity index (χ3v) is 5.30. The molecule has 0 unspecified atom stereocenters. The van der Waals surface area contributed by atoms with Crippen molar-refractivity contribution in [3.8, 4) is 0 Å². The topological polar surface area (TPSA) is 98.0 Å². The maximum Gasteiger partial charge on any atom is 0.242 e. The number of nitrogens with one attached hydrogen (secondary N) is 1. The normalized spacial score (nSPS) is 11.5. The van der Waals surface area contributed by atoms with Crippen molar-refractivity contribution in [1.29, 1.82) is 0 Å². The molecule has 0 saturated carbocycles. The van der Waals surface area contributed by atoms with Gasteiger partial charge in [0.15, 0.2) is 0 Å². The fourth-order valence-corrected chi connectivity index (χ4v) is 3.88. The largest absolute Gasteiger partial charge is 0.388 e. The van der Waals surface area contributed by atoms with Gasteiger partial charge in [0, 0.05) is 30.2 Å². The van der Waals surface area contributed by atoms with Crippen LogP contribution in [0, 0.1) is 6.92 Å². The van der Waals surface area contributed by atoms with E-state index in [2.05, 4.69) is 14.7 Å². The zero-order valence-electron chi connectivity index (χ0n) is 11.2. The summed E-state index contributed by atoms with van der Waals surface area (Å²) in [7, 11) is -3.70. The fraction of sp³-hybridized carbons (Fsp3) is 0.250. The van der Waals surface area contributed by atoms with E-state index in [1.807, 2.05) is 12.3 Å². The average Bonchev–Trinajstić information content (AvgIpc) is 2.84. The molecule has 21 heavy (non-hydrogen) atoms. The number of nitrogens with zero attached hydrogens (tertiary/aromatic N) is 2. The highest BCUT2D eigenvalue weighted by molar-refractivity contribution is 7.89. The Balaban J connectivity index is 2.10. The van der Waals surface area contributed by atoms with Gasteiger partial charge < -0.3 is 5.73 Å². The van der Waals surface area contributed by atoms with Gasteiger partial charge in [-0.05, 0) is 19.1 Å². The smallest absolute Gasteiger partial charge is 0.242 e. The zero-order valence-corrected chi connectivity index (χ0v) is 13.7. The summed E-state index contributed by atoms with van der Waals surface area (Å²) in [6, 6.07) is 2.96. The van der Waals surface area contributed by atoms with Crippen LogP contribution in [0.25, 0.3) is 0 Å². The quantitative estimate of drug-likeness (QED) is 0.760. The second kappa shape index (κ2) is 6.56. The van der Waals surface area contributed by atoms with Gasteiger partial charge in [0.2, 0.25) is 10.0 Å². The van der Waals surface area contributed by atoms with Gasteiger partial charge >= 0.3 is 0 Å². The van der Waals surface area contributed by atoms with Crippen molar-refractivity contribution in [2.75, 3.05) is 6.54 Å². The first-order valence-corrected chi connectivity index (χ1v) is 8.83. The van der Waals surface area contributed by atoms with E-state index in [1.165, 1.54) is 29.7 Å². The Morgan fingerprint density at radius 2 is 2.29 bits per heavy atom. The third kappa shape index (κ3) is 4.03. The Labute approximate surface area is 132 Å². The maximum absolute atomic E-state index is 12.3. The first-order valence-electron chi connectivity index (χ1n) is 6.05. The van der Waals surface area contributed by atoms with E-state index in [1.54, 1.807) is 0 Å². The minimum absolute atomic E-state index is 0.00665. The number of sulfonamides is 1. The first-order chi connectivity index (χ1) is 9.90. The lowest BCUT2D eigenvalue weighted by Crippen LogP contribution is -2.28. The van der Waals surface area contributed by atoms with Gasteiger partial charge in [-0.1, -0.05) is 12.2 Å². The first kappa shape index (κ1) is 16.0. The Hall–Kier alpha value is -1.42. The minimum Gasteiger partial charge on any atom is -0.388 e. The van der Waals surface area contributed by atoms with Gasteiger partial charge in [0.25, 0.3) is 0 Å². The van der Waals surface area contributed by atoms with E-state index in [0.717, 1.165) is 10.7 Å². The molecule has 0 fully saturated rings. The van der Waals surface area contributed by atoms with Crippen LogP contribution in [0.5, 0.6) is 0 Å². The van der Waals surface area contributed by atoms with Crippen molar-refractivity contribution >= 4 is 38.6 Å². The van der Waals surface area contributed by atoms with Crippen molar-refractivity contribution in [3.63, 3.8) is 0 Å². The average molecular weight is 342 g/mol. The van der Waals surface area contributed by atoms with Crippen LogP contribution in [-0.4, -0.2) is 29.9 Å². The van der Waals surface area contributed by atoms with Crippen molar-refractivity contribution in [2.24, 2.45) is 5.73 Å². The number of thiocarbonyl (C=S) groups is 1. The van der Waals surface area contributed by atoms with Crippen molar-refractivity contribution in [3.05, 3.63) is 40.1 Å². The van der Waals surface area contributed by atoms with Gasteiger partial charge in [-0.25, -0.2) is 18.1 Å². The van der Waals surface area contributed by atoms with E-state index in [9.17, 15) is 8.42 Å². The Morgan fingerprint density at radius 1 is 1.52 bits per heavy atom. The van der Waals surface area contributed by atoms with E-state index in [4.69, 9.17) is 18.0 Å². The molecule has 112 valence electrons. The Kier molecular flexibility index (Phi) is 4.99. The molecule has 3 N–H and O–H groups in total. The lowest BCUT2D eigenvalue weighted by molar-refractivity contribution is 0.581. The molecule has 2 heterocycles. The summed E-state index contributed by atoms with van der Waals surface area (Å²) >= 11 is 6.33. The molecule has 0 aliphatic rings. The SMILES string of the molecule is Cc1csc(CCNS(=O)(=O)c2cccnc2C(N)=S)n1. The van der Waals surface area contributed by atoms with Crippen LogP contribution in [0.2, 0.25) is 0 Å². The highest BCUT2D eigenvalue weighted by atomic mass is 32.2. The molecule has 0 saturated heterocycles. The van der Waals surface area contributed by atoms with Gasteiger partial charge in [-0.15, -0.1) is 11.3 Å². The molecule has 0 aliphatic heterocycles. The van der Waals surface area contributed by atoms with Gasteiger partial charge in [0.1, 0.15) is 15.6 Å². The zero-order chi connectivity index (χ0) is 15.5. The van der Waals surface area contributed by atoms with E-state index >= 15 is 0 Å². The highest BCUT2D eigenvalue weighted by Gasteiger charge is 2.20. The minimum atomic E-state index is -3.70. The number of rotatable bonds is 6. The van der Waals surface area contributed by atoms with Crippen LogP contribution in [0.4, 0.5) is 0 Å². The summed E-state index contributed by atoms with van der Waals surface area (Å²) in [5, 5.41) is 2.81. The number of hydrogen-bond acceptors (Lipinski definition) is 6. The number of thiazole rings is 1. The molecule has 0 aromatic carbocycles. The lowest BCUT2D eigenvalue weighted by Gasteiger charge is -2.09.